The Morgan fingerprint density at radius 3 is 2.20 bits per heavy atom. The van der Waals surface area contributed by atoms with Gasteiger partial charge in [-0.15, -0.1) is 0 Å². The van der Waals surface area contributed by atoms with Crippen molar-refractivity contribution in [3.63, 3.8) is 0 Å². The monoisotopic (exact) mass is 502 g/mol. The number of rotatable bonds is 5. The standard InChI is InChI=1S/C27H42N4O3S/c1-18-23(35(28,33)34)16-22(31(18)17-19-12-10-9-11-13-19)20-14-21(25(32)30(8)27(5,6)7)29-24(15-20)26(2,3)4/h14-16,19H,9-13,17H2,1-8H3,(H2,28,33,34). The fourth-order valence-corrected chi connectivity index (χ4v) is 5.46. The molecular weight excluding hydrogens is 460 g/mol. The quantitative estimate of drug-likeness (QED) is 0.603. The molecule has 0 saturated heterocycles. The molecule has 0 spiro atoms. The normalized spacial score (nSPS) is 15.9. The summed E-state index contributed by atoms with van der Waals surface area (Å²) in [4.78, 5) is 20.0. The third kappa shape index (κ3) is 6.15. The largest absolute Gasteiger partial charge is 0.343 e. The Hall–Kier alpha value is -2.19. The number of carbonyl (C=O) groups is 1. The lowest BCUT2D eigenvalue weighted by atomic mass is 9.88. The summed E-state index contributed by atoms with van der Waals surface area (Å²) in [5.41, 5.74) is 2.65. The maximum atomic E-state index is 13.4. The molecule has 3 rings (SSSR count). The Labute approximate surface area is 211 Å². The second-order valence-corrected chi connectivity index (χ2v) is 13.6. The summed E-state index contributed by atoms with van der Waals surface area (Å²) < 4.78 is 27.0. The van der Waals surface area contributed by atoms with Crippen LogP contribution < -0.4 is 5.14 Å². The minimum absolute atomic E-state index is 0.136. The molecule has 2 aromatic heterocycles. The van der Waals surface area contributed by atoms with Crippen LogP contribution in [0.1, 0.15) is 95.5 Å². The number of hydrogen-bond donors (Lipinski definition) is 1. The molecule has 2 N–H and O–H groups in total. The zero-order valence-electron chi connectivity index (χ0n) is 22.6. The van der Waals surface area contributed by atoms with Crippen LogP contribution in [0.2, 0.25) is 0 Å². The van der Waals surface area contributed by atoms with Crippen LogP contribution in [0.3, 0.4) is 0 Å². The molecule has 194 valence electrons. The van der Waals surface area contributed by atoms with Gasteiger partial charge in [-0.05, 0) is 64.7 Å². The highest BCUT2D eigenvalue weighted by atomic mass is 32.2. The molecule has 1 fully saturated rings. The van der Waals surface area contributed by atoms with E-state index in [1.54, 1.807) is 24.1 Å². The highest BCUT2D eigenvalue weighted by Crippen LogP contribution is 2.34. The van der Waals surface area contributed by atoms with E-state index in [1.165, 1.54) is 19.3 Å². The fraction of sp³-hybridized carbons (Fsp3) is 0.630. The topological polar surface area (TPSA) is 98.3 Å². The first-order valence-electron chi connectivity index (χ1n) is 12.5. The zero-order valence-corrected chi connectivity index (χ0v) is 23.4. The Balaban J connectivity index is 2.23. The lowest BCUT2D eigenvalue weighted by Gasteiger charge is -2.32. The molecule has 0 aliphatic heterocycles. The van der Waals surface area contributed by atoms with Crippen LogP contribution in [0.25, 0.3) is 11.3 Å². The van der Waals surface area contributed by atoms with E-state index in [-0.39, 0.29) is 21.8 Å². The summed E-state index contributed by atoms with van der Waals surface area (Å²) in [5, 5.41) is 5.60. The average Bonchev–Trinajstić information content (AvgIpc) is 3.08. The van der Waals surface area contributed by atoms with Crippen molar-refractivity contribution in [2.24, 2.45) is 11.1 Å². The predicted octanol–water partition coefficient (Wildman–Crippen LogP) is 5.25. The number of hydrogen-bond acceptors (Lipinski definition) is 4. The molecule has 0 unspecified atom stereocenters. The minimum Gasteiger partial charge on any atom is -0.343 e. The summed E-state index contributed by atoms with van der Waals surface area (Å²) in [5.74, 6) is 0.317. The summed E-state index contributed by atoms with van der Waals surface area (Å²) in [6, 6.07) is 5.43. The van der Waals surface area contributed by atoms with Crippen molar-refractivity contribution >= 4 is 15.9 Å². The number of sulfonamides is 1. The first-order valence-corrected chi connectivity index (χ1v) is 14.1. The minimum atomic E-state index is -3.89. The van der Waals surface area contributed by atoms with Crippen LogP contribution in [0.15, 0.2) is 23.1 Å². The summed E-state index contributed by atoms with van der Waals surface area (Å²) in [6.45, 7) is 14.7. The molecular formula is C27H42N4O3S. The maximum Gasteiger partial charge on any atom is 0.272 e. The third-order valence-corrected chi connectivity index (χ3v) is 8.24. The van der Waals surface area contributed by atoms with Gasteiger partial charge in [0.2, 0.25) is 10.0 Å². The van der Waals surface area contributed by atoms with Gasteiger partial charge >= 0.3 is 0 Å². The molecule has 1 amide bonds. The Morgan fingerprint density at radius 2 is 1.69 bits per heavy atom. The molecule has 7 nitrogen and oxygen atoms in total. The van der Waals surface area contributed by atoms with Gasteiger partial charge in [-0.2, -0.15) is 0 Å². The van der Waals surface area contributed by atoms with Gasteiger partial charge in [-0.1, -0.05) is 40.0 Å². The number of primary sulfonamides is 1. The highest BCUT2D eigenvalue weighted by Gasteiger charge is 2.29. The van der Waals surface area contributed by atoms with Crippen LogP contribution in [-0.2, 0) is 22.0 Å². The van der Waals surface area contributed by atoms with Crippen molar-refractivity contribution in [2.75, 3.05) is 7.05 Å². The van der Waals surface area contributed by atoms with Crippen molar-refractivity contribution in [1.82, 2.24) is 14.5 Å². The van der Waals surface area contributed by atoms with Gasteiger partial charge in [0, 0.05) is 47.2 Å². The van der Waals surface area contributed by atoms with E-state index in [9.17, 15) is 13.2 Å². The van der Waals surface area contributed by atoms with E-state index in [1.807, 2.05) is 33.8 Å². The van der Waals surface area contributed by atoms with Crippen LogP contribution in [-0.4, -0.2) is 41.4 Å². The van der Waals surface area contributed by atoms with Crippen molar-refractivity contribution in [3.05, 3.63) is 35.3 Å². The van der Waals surface area contributed by atoms with Gasteiger partial charge in [0.1, 0.15) is 10.6 Å². The van der Waals surface area contributed by atoms with E-state index in [2.05, 4.69) is 25.3 Å². The third-order valence-electron chi connectivity index (χ3n) is 7.21. The average molecular weight is 503 g/mol. The number of nitrogens with zero attached hydrogens (tertiary/aromatic N) is 3. The van der Waals surface area contributed by atoms with Gasteiger partial charge in [0.25, 0.3) is 5.91 Å². The van der Waals surface area contributed by atoms with Gasteiger partial charge in [-0.25, -0.2) is 18.5 Å². The SMILES string of the molecule is Cc1c(S(N)(=O)=O)cc(-c2cc(C(=O)N(C)C(C)(C)C)nc(C(C)(C)C)c2)n1CC1CCCCC1. The Kier molecular flexibility index (Phi) is 7.59. The molecule has 0 bridgehead atoms. The van der Waals surface area contributed by atoms with Gasteiger partial charge < -0.3 is 9.47 Å². The van der Waals surface area contributed by atoms with Crippen molar-refractivity contribution in [2.45, 2.75) is 103 Å². The van der Waals surface area contributed by atoms with E-state index in [0.29, 0.717) is 17.3 Å². The number of pyridine rings is 1. The molecule has 0 aromatic carbocycles. The van der Waals surface area contributed by atoms with E-state index in [4.69, 9.17) is 10.1 Å². The molecule has 0 radical (unpaired) electrons. The Morgan fingerprint density at radius 1 is 1.09 bits per heavy atom. The number of amides is 1. The van der Waals surface area contributed by atoms with Crippen LogP contribution in [0.5, 0.6) is 0 Å². The van der Waals surface area contributed by atoms with Gasteiger partial charge in [0.15, 0.2) is 0 Å². The lowest BCUT2D eigenvalue weighted by Crippen LogP contribution is -2.43. The molecule has 2 aromatic rings. The predicted molar refractivity (Wildman–Crippen MR) is 141 cm³/mol. The molecule has 0 atom stereocenters. The molecule has 35 heavy (non-hydrogen) atoms. The van der Waals surface area contributed by atoms with Crippen LogP contribution in [0, 0.1) is 12.8 Å². The van der Waals surface area contributed by atoms with Crippen molar-refractivity contribution in [1.29, 1.82) is 0 Å². The summed E-state index contributed by atoms with van der Waals surface area (Å²) in [7, 11) is -2.11. The first-order chi connectivity index (χ1) is 16.0. The lowest BCUT2D eigenvalue weighted by molar-refractivity contribution is 0.0649. The van der Waals surface area contributed by atoms with Gasteiger partial charge in [0.05, 0.1) is 0 Å². The van der Waals surface area contributed by atoms with Crippen molar-refractivity contribution < 1.29 is 13.2 Å². The highest BCUT2D eigenvalue weighted by molar-refractivity contribution is 7.89. The second-order valence-electron chi connectivity index (χ2n) is 12.1. The molecule has 1 saturated carbocycles. The fourth-order valence-electron chi connectivity index (χ4n) is 4.66. The number of aromatic nitrogens is 2. The summed E-state index contributed by atoms with van der Waals surface area (Å²) in [6.07, 6.45) is 5.91. The smallest absolute Gasteiger partial charge is 0.272 e. The van der Waals surface area contributed by atoms with E-state index < -0.39 is 10.0 Å². The second kappa shape index (κ2) is 9.69. The molecule has 1 aliphatic carbocycles. The maximum absolute atomic E-state index is 13.4. The van der Waals surface area contributed by atoms with E-state index in [0.717, 1.165) is 36.3 Å². The van der Waals surface area contributed by atoms with Crippen molar-refractivity contribution in [3.8, 4) is 11.3 Å². The Bertz CT molecular complexity index is 1190. The van der Waals surface area contributed by atoms with Gasteiger partial charge in [-0.3, -0.25) is 4.79 Å². The molecule has 1 aliphatic rings. The van der Waals surface area contributed by atoms with Crippen LogP contribution >= 0.6 is 0 Å². The number of nitrogens with two attached hydrogens (primary N) is 1. The molecule has 8 heteroatoms. The van der Waals surface area contributed by atoms with E-state index >= 15 is 0 Å². The summed E-state index contributed by atoms with van der Waals surface area (Å²) >= 11 is 0. The zero-order chi connectivity index (χ0) is 26.3. The molecule has 2 heterocycles. The number of carbonyl (C=O) groups excluding carboxylic acids is 1. The van der Waals surface area contributed by atoms with Crippen LogP contribution in [0.4, 0.5) is 0 Å². The first kappa shape index (κ1) is 27.4.